The zero-order chi connectivity index (χ0) is 19.6. The number of benzene rings is 2. The Bertz CT molecular complexity index is 919. The Morgan fingerprint density at radius 3 is 2.52 bits per heavy atom. The molecule has 0 saturated carbocycles. The minimum absolute atomic E-state index is 0.0538. The Hall–Kier alpha value is -2.99. The number of ketones is 1. The molecule has 6 nitrogen and oxygen atoms in total. The van der Waals surface area contributed by atoms with Gasteiger partial charge in [-0.25, -0.2) is 4.79 Å². The van der Waals surface area contributed by atoms with Crippen molar-refractivity contribution in [2.75, 3.05) is 11.9 Å². The van der Waals surface area contributed by atoms with E-state index in [2.05, 4.69) is 5.32 Å². The van der Waals surface area contributed by atoms with Crippen molar-refractivity contribution in [2.24, 2.45) is 0 Å². The van der Waals surface area contributed by atoms with E-state index in [0.717, 1.165) is 16.7 Å². The largest absolute Gasteiger partial charge is 0.478 e. The van der Waals surface area contributed by atoms with Crippen molar-refractivity contribution in [1.29, 1.82) is 0 Å². The van der Waals surface area contributed by atoms with Crippen molar-refractivity contribution < 1.29 is 24.6 Å². The van der Waals surface area contributed by atoms with Crippen LogP contribution in [0.4, 0.5) is 5.69 Å². The van der Waals surface area contributed by atoms with Crippen LogP contribution in [-0.2, 0) is 9.59 Å². The average Bonchev–Trinajstić information content (AvgIpc) is 2.93. The van der Waals surface area contributed by atoms with Gasteiger partial charge >= 0.3 is 5.97 Å². The van der Waals surface area contributed by atoms with Crippen LogP contribution in [0.3, 0.4) is 0 Å². The lowest BCUT2D eigenvalue weighted by atomic mass is 9.96. The van der Waals surface area contributed by atoms with Crippen molar-refractivity contribution >= 4 is 23.3 Å². The Labute approximate surface area is 156 Å². The van der Waals surface area contributed by atoms with Gasteiger partial charge < -0.3 is 20.3 Å². The minimum Gasteiger partial charge on any atom is -0.478 e. The fraction of sp³-hybridized carbons (Fsp3) is 0.286. The average molecular weight is 367 g/mol. The van der Waals surface area contributed by atoms with Crippen LogP contribution in [0.1, 0.15) is 53.6 Å². The third kappa shape index (κ3) is 3.75. The highest BCUT2D eigenvalue weighted by Gasteiger charge is 2.31. The summed E-state index contributed by atoms with van der Waals surface area (Å²) in [6.45, 7) is 1.34. The Kier molecular flexibility index (Phi) is 5.37. The number of fused-ring (bicyclic) bond motifs is 3. The molecular formula is C21H21NO5. The van der Waals surface area contributed by atoms with Gasteiger partial charge in [0.2, 0.25) is 5.91 Å². The molecule has 0 aliphatic heterocycles. The van der Waals surface area contributed by atoms with Gasteiger partial charge in [-0.05, 0) is 48.2 Å². The molecule has 2 aromatic rings. The molecule has 0 saturated heterocycles. The molecule has 1 atom stereocenters. The number of carboxylic acid groups (broad SMARTS) is 1. The highest BCUT2D eigenvalue weighted by molar-refractivity contribution is 6.00. The van der Waals surface area contributed by atoms with E-state index in [1.807, 2.05) is 6.07 Å². The van der Waals surface area contributed by atoms with Gasteiger partial charge in [0.05, 0.1) is 12.2 Å². The first kappa shape index (κ1) is 18.8. The molecule has 1 unspecified atom stereocenters. The highest BCUT2D eigenvalue weighted by atomic mass is 16.4. The lowest BCUT2D eigenvalue weighted by Gasteiger charge is -2.12. The van der Waals surface area contributed by atoms with Gasteiger partial charge in [-0.3, -0.25) is 4.79 Å². The van der Waals surface area contributed by atoms with Crippen molar-refractivity contribution in [2.45, 2.75) is 32.1 Å². The molecule has 0 aromatic heterocycles. The maximum Gasteiger partial charge on any atom is 0.336 e. The molecule has 1 aliphatic rings. The van der Waals surface area contributed by atoms with Gasteiger partial charge in [-0.1, -0.05) is 18.2 Å². The summed E-state index contributed by atoms with van der Waals surface area (Å²) in [6, 6.07) is 10.3. The number of aromatic carboxylic acids is 1. The van der Waals surface area contributed by atoms with Crippen molar-refractivity contribution in [1.82, 2.24) is 0 Å². The predicted octanol–water partition coefficient (Wildman–Crippen LogP) is 3.19. The standard InChI is InChI=1S/C21H21NO5/c1-12(24)4-2-7-19(25)22-13-8-9-15-17(10-13)18(11-23)14-5-3-6-16(20(14)15)21(26)27/h3,5-6,8-10,18,23H,2,4,7,11H2,1H3,(H,22,25)(H,26,27). The number of Topliss-reactive ketones (excluding diaryl/α,β-unsaturated/α-hetero) is 1. The van der Waals surface area contributed by atoms with E-state index in [9.17, 15) is 24.6 Å². The topological polar surface area (TPSA) is 104 Å². The highest BCUT2D eigenvalue weighted by Crippen LogP contribution is 2.47. The van der Waals surface area contributed by atoms with Gasteiger partial charge in [-0.2, -0.15) is 0 Å². The van der Waals surface area contributed by atoms with E-state index in [0.29, 0.717) is 24.1 Å². The molecule has 1 amide bonds. The third-order valence-electron chi connectivity index (χ3n) is 4.80. The molecule has 1 aliphatic carbocycles. The van der Waals surface area contributed by atoms with Crippen molar-refractivity contribution in [3.63, 3.8) is 0 Å². The van der Waals surface area contributed by atoms with E-state index in [-0.39, 0.29) is 36.2 Å². The third-order valence-corrected chi connectivity index (χ3v) is 4.80. The van der Waals surface area contributed by atoms with Crippen LogP contribution in [0, 0.1) is 0 Å². The number of carboxylic acids is 1. The summed E-state index contributed by atoms with van der Waals surface area (Å²) in [5.74, 6) is -1.47. The van der Waals surface area contributed by atoms with Gasteiger partial charge in [0.1, 0.15) is 5.78 Å². The Morgan fingerprint density at radius 1 is 1.07 bits per heavy atom. The summed E-state index contributed by atoms with van der Waals surface area (Å²) in [7, 11) is 0. The zero-order valence-electron chi connectivity index (χ0n) is 15.0. The molecule has 140 valence electrons. The number of hydrogen-bond donors (Lipinski definition) is 3. The van der Waals surface area contributed by atoms with Gasteiger partial charge in [-0.15, -0.1) is 0 Å². The Balaban J connectivity index is 1.88. The first-order valence-electron chi connectivity index (χ1n) is 8.83. The van der Waals surface area contributed by atoms with Crippen molar-refractivity contribution in [3.8, 4) is 11.1 Å². The second-order valence-electron chi connectivity index (χ2n) is 6.72. The molecule has 0 heterocycles. The number of aliphatic hydroxyl groups excluding tert-OH is 1. The smallest absolute Gasteiger partial charge is 0.336 e. The quantitative estimate of drug-likeness (QED) is 0.697. The number of rotatable bonds is 7. The molecule has 0 radical (unpaired) electrons. The number of aliphatic hydroxyl groups is 1. The summed E-state index contributed by atoms with van der Waals surface area (Å²) in [5, 5.41) is 22.2. The summed E-state index contributed by atoms with van der Waals surface area (Å²) < 4.78 is 0. The molecule has 3 rings (SSSR count). The molecule has 3 N–H and O–H groups in total. The second-order valence-corrected chi connectivity index (χ2v) is 6.72. The number of carbonyl (C=O) groups is 3. The minimum atomic E-state index is -1.01. The number of carbonyl (C=O) groups excluding carboxylic acids is 2. The van der Waals surface area contributed by atoms with Crippen LogP contribution < -0.4 is 5.32 Å². The lowest BCUT2D eigenvalue weighted by Crippen LogP contribution is -2.12. The summed E-state index contributed by atoms with van der Waals surface area (Å²) in [4.78, 5) is 34.6. The van der Waals surface area contributed by atoms with Crippen molar-refractivity contribution in [3.05, 3.63) is 53.1 Å². The second kappa shape index (κ2) is 7.72. The van der Waals surface area contributed by atoms with E-state index in [4.69, 9.17) is 0 Å². The zero-order valence-corrected chi connectivity index (χ0v) is 15.0. The number of amides is 1. The molecule has 2 aromatic carbocycles. The number of nitrogens with one attached hydrogen (secondary N) is 1. The number of hydrogen-bond acceptors (Lipinski definition) is 4. The monoisotopic (exact) mass is 367 g/mol. The summed E-state index contributed by atoms with van der Waals surface area (Å²) >= 11 is 0. The van der Waals surface area contributed by atoms with E-state index >= 15 is 0 Å². The van der Waals surface area contributed by atoms with Crippen LogP contribution in [-0.4, -0.2) is 34.5 Å². The van der Waals surface area contributed by atoms with E-state index < -0.39 is 5.97 Å². The molecule has 0 bridgehead atoms. The molecule has 27 heavy (non-hydrogen) atoms. The normalized spacial score (nSPS) is 14.4. The fourth-order valence-electron chi connectivity index (χ4n) is 3.58. The van der Waals surface area contributed by atoms with Gasteiger partial charge in [0.25, 0.3) is 0 Å². The summed E-state index contributed by atoms with van der Waals surface area (Å²) in [5.41, 5.74) is 3.74. The Morgan fingerprint density at radius 2 is 1.85 bits per heavy atom. The predicted molar refractivity (Wildman–Crippen MR) is 101 cm³/mol. The van der Waals surface area contributed by atoms with Crippen LogP contribution >= 0.6 is 0 Å². The maximum absolute atomic E-state index is 12.1. The maximum atomic E-state index is 12.1. The van der Waals surface area contributed by atoms with Crippen LogP contribution in [0.15, 0.2) is 36.4 Å². The molecular weight excluding hydrogens is 346 g/mol. The van der Waals surface area contributed by atoms with Crippen LogP contribution in [0.25, 0.3) is 11.1 Å². The molecule has 0 fully saturated rings. The first-order valence-corrected chi connectivity index (χ1v) is 8.83. The van der Waals surface area contributed by atoms with Crippen LogP contribution in [0.5, 0.6) is 0 Å². The molecule has 6 heteroatoms. The molecule has 0 spiro atoms. The number of anilines is 1. The van der Waals surface area contributed by atoms with Crippen LogP contribution in [0.2, 0.25) is 0 Å². The first-order chi connectivity index (χ1) is 12.9. The van der Waals surface area contributed by atoms with E-state index in [1.54, 1.807) is 30.3 Å². The SMILES string of the molecule is CC(=O)CCCC(=O)Nc1ccc2c(c1)C(CO)c1cccc(C(=O)O)c1-2. The van der Waals surface area contributed by atoms with E-state index in [1.165, 1.54) is 6.92 Å². The summed E-state index contributed by atoms with van der Waals surface area (Å²) in [6.07, 6.45) is 1.12. The lowest BCUT2D eigenvalue weighted by molar-refractivity contribution is -0.117. The fourth-order valence-corrected chi connectivity index (χ4v) is 3.58. The van der Waals surface area contributed by atoms with Gasteiger partial charge in [0.15, 0.2) is 0 Å². The van der Waals surface area contributed by atoms with Gasteiger partial charge in [0, 0.05) is 30.0 Å².